The molecule has 0 aliphatic carbocycles. The van der Waals surface area contributed by atoms with Crippen molar-refractivity contribution in [3.63, 3.8) is 0 Å². The van der Waals surface area contributed by atoms with Crippen molar-refractivity contribution in [2.24, 2.45) is 7.05 Å². The Kier molecular flexibility index (Phi) is 1.92. The molecule has 0 fully saturated rings. The van der Waals surface area contributed by atoms with E-state index in [-0.39, 0.29) is 16.7 Å². The zero-order valence-corrected chi connectivity index (χ0v) is 8.17. The fourth-order valence-electron chi connectivity index (χ4n) is 1.33. The average molecular weight is 209 g/mol. The summed E-state index contributed by atoms with van der Waals surface area (Å²) >= 11 is 0. The highest BCUT2D eigenvalue weighted by atomic mass is 19.1. The van der Waals surface area contributed by atoms with Gasteiger partial charge in [0.1, 0.15) is 5.65 Å². The van der Waals surface area contributed by atoms with Gasteiger partial charge in [0, 0.05) is 13.2 Å². The largest absolute Gasteiger partial charge is 0.349 e. The van der Waals surface area contributed by atoms with Crippen LogP contribution in [0.5, 0.6) is 0 Å². The van der Waals surface area contributed by atoms with Gasteiger partial charge in [-0.25, -0.2) is 9.18 Å². The molecule has 0 spiro atoms. The number of halogens is 1. The van der Waals surface area contributed by atoms with Gasteiger partial charge in [0.25, 0.3) is 0 Å². The molecule has 0 saturated carbocycles. The summed E-state index contributed by atoms with van der Waals surface area (Å²) in [6.45, 7) is 1.41. The van der Waals surface area contributed by atoms with Crippen molar-refractivity contribution in [3.8, 4) is 0 Å². The fourth-order valence-corrected chi connectivity index (χ4v) is 1.33. The highest BCUT2D eigenvalue weighted by molar-refractivity contribution is 5.73. The molecule has 15 heavy (non-hydrogen) atoms. The third-order valence-corrected chi connectivity index (χ3v) is 2.17. The minimum Gasteiger partial charge on any atom is -0.340 e. The van der Waals surface area contributed by atoms with Crippen LogP contribution in [-0.4, -0.2) is 14.5 Å². The standard InChI is InChI=1S/C9H8FN3O2/c1-4-6(10)7(14)5-3-13(2)9(15)12-8(5)11-4/h3H,1-2H3,(H,11,12,15). The van der Waals surface area contributed by atoms with Crippen molar-refractivity contribution >= 4 is 11.0 Å². The van der Waals surface area contributed by atoms with E-state index in [1.807, 2.05) is 0 Å². The molecule has 0 aliphatic heterocycles. The molecule has 0 bridgehead atoms. The minimum absolute atomic E-state index is 0.0696. The van der Waals surface area contributed by atoms with E-state index in [0.29, 0.717) is 0 Å². The quantitative estimate of drug-likeness (QED) is 0.667. The van der Waals surface area contributed by atoms with Crippen LogP contribution in [0.2, 0.25) is 0 Å². The fraction of sp³-hybridized carbons (Fsp3) is 0.222. The van der Waals surface area contributed by atoms with Gasteiger partial charge in [-0.2, -0.15) is 4.98 Å². The maximum absolute atomic E-state index is 13.2. The number of nitrogens with one attached hydrogen (secondary N) is 1. The maximum Gasteiger partial charge on any atom is 0.349 e. The molecule has 5 nitrogen and oxygen atoms in total. The van der Waals surface area contributed by atoms with E-state index < -0.39 is 16.9 Å². The van der Waals surface area contributed by atoms with Crippen molar-refractivity contribution in [2.75, 3.05) is 0 Å². The van der Waals surface area contributed by atoms with Crippen molar-refractivity contribution in [2.45, 2.75) is 6.92 Å². The smallest absolute Gasteiger partial charge is 0.340 e. The second-order valence-corrected chi connectivity index (χ2v) is 3.29. The Morgan fingerprint density at radius 1 is 1.47 bits per heavy atom. The van der Waals surface area contributed by atoms with Gasteiger partial charge in [-0.1, -0.05) is 0 Å². The molecule has 2 rings (SSSR count). The Morgan fingerprint density at radius 3 is 2.80 bits per heavy atom. The number of nitrogens with zero attached hydrogens (tertiary/aromatic N) is 2. The van der Waals surface area contributed by atoms with E-state index in [9.17, 15) is 14.0 Å². The summed E-state index contributed by atoms with van der Waals surface area (Å²) in [6.07, 6.45) is 1.27. The molecule has 0 unspecified atom stereocenters. The van der Waals surface area contributed by atoms with Gasteiger partial charge in [-0.05, 0) is 6.92 Å². The van der Waals surface area contributed by atoms with Crippen LogP contribution in [-0.2, 0) is 7.05 Å². The highest BCUT2D eigenvalue weighted by Gasteiger charge is 2.10. The third kappa shape index (κ3) is 1.34. The molecule has 78 valence electrons. The van der Waals surface area contributed by atoms with Crippen molar-refractivity contribution < 1.29 is 4.39 Å². The molecule has 1 N–H and O–H groups in total. The maximum atomic E-state index is 13.2. The summed E-state index contributed by atoms with van der Waals surface area (Å²) in [5.74, 6) is -0.844. The molecule has 0 atom stereocenters. The molecule has 0 amide bonds. The number of rotatable bonds is 0. The lowest BCUT2D eigenvalue weighted by Crippen LogP contribution is -2.23. The van der Waals surface area contributed by atoms with Gasteiger partial charge in [-0.3, -0.25) is 4.79 Å². The van der Waals surface area contributed by atoms with Crippen molar-refractivity contribution in [1.82, 2.24) is 14.5 Å². The highest BCUT2D eigenvalue weighted by Crippen LogP contribution is 2.04. The third-order valence-electron chi connectivity index (χ3n) is 2.17. The first kappa shape index (κ1) is 9.57. The molecular formula is C9H8FN3O2. The van der Waals surface area contributed by atoms with E-state index in [1.54, 1.807) is 0 Å². The average Bonchev–Trinajstić information content (AvgIpc) is 2.19. The van der Waals surface area contributed by atoms with Crippen molar-refractivity contribution in [3.05, 3.63) is 38.4 Å². The molecule has 6 heteroatoms. The van der Waals surface area contributed by atoms with Crippen LogP contribution in [0.3, 0.4) is 0 Å². The molecular weight excluding hydrogens is 201 g/mol. The lowest BCUT2D eigenvalue weighted by Gasteiger charge is -2.02. The Morgan fingerprint density at radius 2 is 2.13 bits per heavy atom. The topological polar surface area (TPSA) is 67.8 Å². The molecule has 2 heterocycles. The first-order valence-electron chi connectivity index (χ1n) is 4.26. The van der Waals surface area contributed by atoms with E-state index in [1.165, 1.54) is 20.2 Å². The van der Waals surface area contributed by atoms with Crippen molar-refractivity contribution in [1.29, 1.82) is 0 Å². The van der Waals surface area contributed by atoms with Crippen LogP contribution in [0.1, 0.15) is 5.69 Å². The molecule has 2 aromatic heterocycles. The van der Waals surface area contributed by atoms with Gasteiger partial charge in [0.2, 0.25) is 5.43 Å². The number of fused-ring (bicyclic) bond motifs is 1. The molecule has 0 radical (unpaired) electrons. The minimum atomic E-state index is -0.844. The number of hydrogen-bond acceptors (Lipinski definition) is 3. The zero-order chi connectivity index (χ0) is 11.2. The number of aryl methyl sites for hydroxylation is 2. The monoisotopic (exact) mass is 209 g/mol. The number of pyridine rings is 1. The number of hydrogen-bond donors (Lipinski definition) is 1. The molecule has 0 saturated heterocycles. The summed E-state index contributed by atoms with van der Waals surface area (Å²) < 4.78 is 14.4. The summed E-state index contributed by atoms with van der Waals surface area (Å²) in [4.78, 5) is 28.8. The Balaban J connectivity index is 3.07. The molecule has 2 aromatic rings. The predicted octanol–water partition coefficient (Wildman–Crippen LogP) is 0.0693. The van der Waals surface area contributed by atoms with Gasteiger partial charge in [0.15, 0.2) is 5.82 Å². The Bertz CT molecular complexity index is 657. The molecule has 0 aliphatic rings. The lowest BCUT2D eigenvalue weighted by atomic mass is 10.3. The Hall–Kier alpha value is -1.98. The number of aromatic nitrogens is 3. The number of aromatic amines is 1. The van der Waals surface area contributed by atoms with E-state index >= 15 is 0 Å². The predicted molar refractivity (Wildman–Crippen MR) is 52.3 cm³/mol. The Labute approximate surface area is 83.2 Å². The van der Waals surface area contributed by atoms with Crippen LogP contribution >= 0.6 is 0 Å². The van der Waals surface area contributed by atoms with Gasteiger partial charge >= 0.3 is 5.69 Å². The SMILES string of the molecule is Cc1[nH]c2nc(=O)n(C)cc2c(=O)c1F. The first-order chi connectivity index (χ1) is 7.00. The van der Waals surface area contributed by atoms with Crippen LogP contribution in [0.15, 0.2) is 15.8 Å². The van der Waals surface area contributed by atoms with Gasteiger partial charge < -0.3 is 9.55 Å². The van der Waals surface area contributed by atoms with Crippen LogP contribution in [0.4, 0.5) is 4.39 Å². The summed E-state index contributed by atoms with van der Waals surface area (Å²) in [7, 11) is 1.45. The number of H-pyrrole nitrogens is 1. The second kappa shape index (κ2) is 3.01. The first-order valence-corrected chi connectivity index (χ1v) is 4.26. The van der Waals surface area contributed by atoms with Crippen LogP contribution in [0.25, 0.3) is 11.0 Å². The summed E-state index contributed by atoms with van der Waals surface area (Å²) in [6, 6.07) is 0. The van der Waals surface area contributed by atoms with E-state index in [0.717, 1.165) is 4.57 Å². The van der Waals surface area contributed by atoms with Crippen LogP contribution < -0.4 is 11.1 Å². The zero-order valence-electron chi connectivity index (χ0n) is 8.17. The second-order valence-electron chi connectivity index (χ2n) is 3.29. The normalized spacial score (nSPS) is 10.9. The van der Waals surface area contributed by atoms with Gasteiger partial charge in [-0.15, -0.1) is 0 Å². The summed E-state index contributed by atoms with van der Waals surface area (Å²) in [5, 5.41) is 0.0696. The lowest BCUT2D eigenvalue weighted by molar-refractivity contribution is 0.602. The van der Waals surface area contributed by atoms with Gasteiger partial charge in [0.05, 0.1) is 11.1 Å². The summed E-state index contributed by atoms with van der Waals surface area (Å²) in [5.41, 5.74) is -1.05. The van der Waals surface area contributed by atoms with Crippen LogP contribution in [0, 0.1) is 12.7 Å². The van der Waals surface area contributed by atoms with E-state index in [2.05, 4.69) is 9.97 Å². The van der Waals surface area contributed by atoms with E-state index in [4.69, 9.17) is 0 Å². The molecule has 0 aromatic carbocycles.